The molecule has 2 amide bonds. The van der Waals surface area contributed by atoms with E-state index in [2.05, 4.69) is 20.8 Å². The van der Waals surface area contributed by atoms with E-state index in [1.807, 2.05) is 42.5 Å². The lowest BCUT2D eigenvalue weighted by Crippen LogP contribution is -2.13. The van der Waals surface area contributed by atoms with Gasteiger partial charge in [0.1, 0.15) is 5.82 Å². The van der Waals surface area contributed by atoms with Gasteiger partial charge in [-0.25, -0.2) is 4.39 Å². The van der Waals surface area contributed by atoms with Crippen LogP contribution < -0.4 is 10.6 Å². The van der Waals surface area contributed by atoms with Crippen LogP contribution in [0.2, 0.25) is 0 Å². The van der Waals surface area contributed by atoms with Crippen LogP contribution in [0, 0.1) is 5.82 Å². The predicted octanol–water partition coefficient (Wildman–Crippen LogP) is 5.33. The molecule has 0 fully saturated rings. The predicted molar refractivity (Wildman–Crippen MR) is 125 cm³/mol. The first-order valence-electron chi connectivity index (χ1n) is 9.55. The van der Waals surface area contributed by atoms with Crippen molar-refractivity contribution in [1.29, 1.82) is 0 Å². The third kappa shape index (κ3) is 5.77. The molecule has 0 radical (unpaired) electrons. The summed E-state index contributed by atoms with van der Waals surface area (Å²) in [7, 11) is 0. The van der Waals surface area contributed by atoms with Crippen LogP contribution in [0.5, 0.6) is 0 Å². The highest BCUT2D eigenvalue weighted by molar-refractivity contribution is 8.01. The summed E-state index contributed by atoms with van der Waals surface area (Å²) in [6, 6.07) is 22.7. The minimum absolute atomic E-state index is 0.112. The minimum atomic E-state index is -0.368. The molecule has 6 nitrogen and oxygen atoms in total. The van der Waals surface area contributed by atoms with Gasteiger partial charge in [0.15, 0.2) is 4.34 Å². The minimum Gasteiger partial charge on any atom is -0.325 e. The summed E-state index contributed by atoms with van der Waals surface area (Å²) in [5.41, 5.74) is 3.12. The number of benzene rings is 3. The van der Waals surface area contributed by atoms with Crippen LogP contribution in [-0.4, -0.2) is 27.8 Å². The van der Waals surface area contributed by atoms with Gasteiger partial charge in [-0.05, 0) is 47.5 Å². The Labute approximate surface area is 191 Å². The Hall–Kier alpha value is -3.56. The fourth-order valence-electron chi connectivity index (χ4n) is 2.79. The highest BCUT2D eigenvalue weighted by Gasteiger charge is 2.12. The lowest BCUT2D eigenvalue weighted by molar-refractivity contribution is -0.113. The molecule has 0 unspecified atom stereocenters. The largest absolute Gasteiger partial charge is 0.325 e. The van der Waals surface area contributed by atoms with E-state index in [-0.39, 0.29) is 23.4 Å². The number of hydrogen-bond acceptors (Lipinski definition) is 6. The van der Waals surface area contributed by atoms with Crippen molar-refractivity contribution in [3.63, 3.8) is 0 Å². The van der Waals surface area contributed by atoms with Gasteiger partial charge < -0.3 is 5.32 Å². The summed E-state index contributed by atoms with van der Waals surface area (Å²) in [5, 5.41) is 13.7. The zero-order valence-corrected chi connectivity index (χ0v) is 18.3. The van der Waals surface area contributed by atoms with Crippen molar-refractivity contribution < 1.29 is 14.0 Å². The molecule has 0 aliphatic carbocycles. The SMILES string of the molecule is O=C(CSc1nnc(NC(=O)c2ccc(-c3ccccc3)cc2)s1)Nc1ccc(F)cc1. The lowest BCUT2D eigenvalue weighted by atomic mass is 10.0. The van der Waals surface area contributed by atoms with Gasteiger partial charge in [0.2, 0.25) is 11.0 Å². The van der Waals surface area contributed by atoms with Crippen molar-refractivity contribution in [2.75, 3.05) is 16.4 Å². The molecule has 0 saturated carbocycles. The third-order valence-corrected chi connectivity index (χ3v) is 6.31. The smallest absolute Gasteiger partial charge is 0.257 e. The molecule has 0 spiro atoms. The average Bonchev–Trinajstić information content (AvgIpc) is 3.27. The van der Waals surface area contributed by atoms with Gasteiger partial charge in [-0.15, -0.1) is 10.2 Å². The maximum absolute atomic E-state index is 12.9. The van der Waals surface area contributed by atoms with E-state index in [1.54, 1.807) is 12.1 Å². The molecule has 0 saturated heterocycles. The summed E-state index contributed by atoms with van der Waals surface area (Å²) < 4.78 is 13.5. The second-order valence-electron chi connectivity index (χ2n) is 6.61. The molecule has 0 atom stereocenters. The van der Waals surface area contributed by atoms with Crippen LogP contribution in [0.4, 0.5) is 15.2 Å². The van der Waals surface area contributed by atoms with E-state index in [0.717, 1.165) is 11.1 Å². The van der Waals surface area contributed by atoms with E-state index >= 15 is 0 Å². The summed E-state index contributed by atoms with van der Waals surface area (Å²) in [6.07, 6.45) is 0. The molecule has 1 aromatic heterocycles. The fourth-order valence-corrected chi connectivity index (χ4v) is 4.34. The molecule has 2 N–H and O–H groups in total. The van der Waals surface area contributed by atoms with Gasteiger partial charge in [0.25, 0.3) is 5.91 Å². The summed E-state index contributed by atoms with van der Waals surface area (Å²) in [4.78, 5) is 24.5. The average molecular weight is 465 g/mol. The number of carbonyl (C=O) groups is 2. The molecular weight excluding hydrogens is 447 g/mol. The zero-order chi connectivity index (χ0) is 22.3. The Kier molecular flexibility index (Phi) is 6.88. The van der Waals surface area contributed by atoms with E-state index in [9.17, 15) is 14.0 Å². The number of thioether (sulfide) groups is 1. The van der Waals surface area contributed by atoms with Crippen molar-refractivity contribution in [3.05, 3.63) is 90.2 Å². The fraction of sp³-hybridized carbons (Fsp3) is 0.0435. The molecule has 9 heteroatoms. The van der Waals surface area contributed by atoms with Crippen molar-refractivity contribution in [2.45, 2.75) is 4.34 Å². The number of carbonyl (C=O) groups excluding carboxylic acids is 2. The summed E-state index contributed by atoms with van der Waals surface area (Å²) in [5.74, 6) is -0.791. The second kappa shape index (κ2) is 10.2. The third-order valence-electron chi connectivity index (χ3n) is 4.34. The Morgan fingerprint density at radius 3 is 2.25 bits per heavy atom. The number of nitrogens with zero attached hydrogens (tertiary/aromatic N) is 2. The van der Waals surface area contributed by atoms with Crippen molar-refractivity contribution >= 4 is 45.7 Å². The Bertz CT molecular complexity index is 1210. The number of rotatable bonds is 7. The topological polar surface area (TPSA) is 84.0 Å². The second-order valence-corrected chi connectivity index (χ2v) is 8.81. The number of hydrogen-bond donors (Lipinski definition) is 2. The molecule has 4 aromatic rings. The van der Waals surface area contributed by atoms with Crippen LogP contribution in [0.15, 0.2) is 83.2 Å². The summed E-state index contributed by atoms with van der Waals surface area (Å²) >= 11 is 2.39. The Balaban J connectivity index is 1.29. The maximum Gasteiger partial charge on any atom is 0.257 e. The van der Waals surface area contributed by atoms with Crippen LogP contribution in [-0.2, 0) is 4.79 Å². The summed E-state index contributed by atoms with van der Waals surface area (Å²) in [6.45, 7) is 0. The van der Waals surface area contributed by atoms with E-state index in [0.29, 0.717) is 20.7 Å². The first-order valence-corrected chi connectivity index (χ1v) is 11.4. The number of anilines is 2. The number of aromatic nitrogens is 2. The van der Waals surface area contributed by atoms with Crippen molar-refractivity contribution in [3.8, 4) is 11.1 Å². The first-order chi connectivity index (χ1) is 15.6. The Morgan fingerprint density at radius 2 is 1.53 bits per heavy atom. The quantitative estimate of drug-likeness (QED) is 0.285. The first kappa shape index (κ1) is 21.7. The zero-order valence-electron chi connectivity index (χ0n) is 16.6. The molecule has 1 heterocycles. The molecule has 0 aliphatic heterocycles. The van der Waals surface area contributed by atoms with Crippen LogP contribution in [0.3, 0.4) is 0 Å². The Morgan fingerprint density at radius 1 is 0.844 bits per heavy atom. The van der Waals surface area contributed by atoms with Crippen molar-refractivity contribution in [2.24, 2.45) is 0 Å². The van der Waals surface area contributed by atoms with Gasteiger partial charge in [-0.1, -0.05) is 65.6 Å². The molecular formula is C23H17FN4O2S2. The van der Waals surface area contributed by atoms with Gasteiger partial charge in [-0.2, -0.15) is 0 Å². The lowest BCUT2D eigenvalue weighted by Gasteiger charge is -2.04. The van der Waals surface area contributed by atoms with Crippen LogP contribution >= 0.6 is 23.1 Å². The maximum atomic E-state index is 12.9. The molecule has 4 rings (SSSR count). The van der Waals surface area contributed by atoms with Crippen molar-refractivity contribution in [1.82, 2.24) is 10.2 Å². The van der Waals surface area contributed by atoms with Gasteiger partial charge >= 0.3 is 0 Å². The highest BCUT2D eigenvalue weighted by atomic mass is 32.2. The number of amides is 2. The van der Waals surface area contributed by atoms with E-state index in [1.165, 1.54) is 47.4 Å². The molecule has 0 aliphatic rings. The normalized spacial score (nSPS) is 10.5. The number of halogens is 1. The molecule has 0 bridgehead atoms. The standard InChI is InChI=1S/C23H17FN4O2S2/c24-18-10-12-19(13-11-18)25-20(29)14-31-23-28-27-22(32-23)26-21(30)17-8-6-16(7-9-17)15-4-2-1-3-5-15/h1-13H,14H2,(H,25,29)(H,26,27,30). The highest BCUT2D eigenvalue weighted by Crippen LogP contribution is 2.26. The number of nitrogens with one attached hydrogen (secondary N) is 2. The van der Waals surface area contributed by atoms with E-state index in [4.69, 9.17) is 0 Å². The monoisotopic (exact) mass is 464 g/mol. The van der Waals surface area contributed by atoms with Crippen LogP contribution in [0.1, 0.15) is 10.4 Å². The van der Waals surface area contributed by atoms with Gasteiger partial charge in [0, 0.05) is 11.3 Å². The molecule has 32 heavy (non-hydrogen) atoms. The van der Waals surface area contributed by atoms with E-state index < -0.39 is 0 Å². The van der Waals surface area contributed by atoms with Crippen LogP contribution in [0.25, 0.3) is 11.1 Å². The van der Waals surface area contributed by atoms with Gasteiger partial charge in [-0.3, -0.25) is 14.9 Å². The molecule has 160 valence electrons. The van der Waals surface area contributed by atoms with Gasteiger partial charge in [0.05, 0.1) is 5.75 Å². The molecule has 3 aromatic carbocycles.